The van der Waals surface area contributed by atoms with Crippen LogP contribution in [0.25, 0.3) is 11.1 Å². The molecule has 0 atom stereocenters. The third kappa shape index (κ3) is 8.12. The van der Waals surface area contributed by atoms with E-state index in [9.17, 15) is 0 Å². The largest absolute Gasteiger partial charge is 0.0776 e. The molecule has 246 valence electrons. The summed E-state index contributed by atoms with van der Waals surface area (Å²) in [6.07, 6.45) is 5.62. The summed E-state index contributed by atoms with van der Waals surface area (Å²) in [7, 11) is 0. The molecule has 0 bridgehead atoms. The van der Waals surface area contributed by atoms with Gasteiger partial charge in [-0.25, -0.2) is 0 Å². The maximum Gasteiger partial charge on any atom is 0.0719 e. The SMILES string of the molecule is C.C.C.C.CC.CC.CC.CC.CCCc1ccc2c(c1)C1(c3ccccc3Cc3ccccc31)c1cc(CCC)ccc1-2. The molecule has 0 heteroatoms. The van der Waals surface area contributed by atoms with Crippen molar-refractivity contribution >= 4 is 0 Å². The van der Waals surface area contributed by atoms with E-state index in [0.29, 0.717) is 0 Å². The topological polar surface area (TPSA) is 0 Å². The van der Waals surface area contributed by atoms with E-state index in [1.807, 2.05) is 55.4 Å². The number of fused-ring (bicyclic) bond motifs is 9. The summed E-state index contributed by atoms with van der Waals surface area (Å²) >= 11 is 0. The van der Waals surface area contributed by atoms with Gasteiger partial charge in [0.05, 0.1) is 5.41 Å². The summed E-state index contributed by atoms with van der Waals surface area (Å²) in [5, 5.41) is 0. The van der Waals surface area contributed by atoms with Crippen LogP contribution < -0.4 is 0 Å². The molecule has 0 nitrogen and oxygen atoms in total. The second-order valence-corrected chi connectivity index (χ2v) is 9.50. The highest BCUT2D eigenvalue weighted by molar-refractivity contribution is 5.88. The first-order valence-electron chi connectivity index (χ1n) is 16.2. The lowest BCUT2D eigenvalue weighted by Gasteiger charge is -2.40. The van der Waals surface area contributed by atoms with E-state index in [2.05, 4.69) is 98.8 Å². The number of hydrogen-bond donors (Lipinski definition) is 0. The third-order valence-electron chi connectivity index (χ3n) is 7.57. The van der Waals surface area contributed by atoms with Crippen molar-refractivity contribution in [3.05, 3.63) is 129 Å². The molecule has 6 rings (SSSR count). The molecule has 0 amide bonds. The van der Waals surface area contributed by atoms with Crippen molar-refractivity contribution in [2.24, 2.45) is 0 Å². The van der Waals surface area contributed by atoms with Gasteiger partial charge in [-0.3, -0.25) is 0 Å². The van der Waals surface area contributed by atoms with Gasteiger partial charge in [0.15, 0.2) is 0 Å². The fourth-order valence-electron chi connectivity index (χ4n) is 6.32. The fraction of sp³-hybridized carbons (Fsp3) is 0.455. The predicted octanol–water partition coefficient (Wildman–Crippen LogP) is 14.5. The molecule has 4 aromatic rings. The highest BCUT2D eigenvalue weighted by Gasteiger charge is 2.49. The Bertz CT molecular complexity index is 1220. The molecular formula is C44H70. The van der Waals surface area contributed by atoms with Crippen LogP contribution in [0.3, 0.4) is 0 Å². The van der Waals surface area contributed by atoms with E-state index < -0.39 is 0 Å². The van der Waals surface area contributed by atoms with Gasteiger partial charge in [-0.15, -0.1) is 0 Å². The average Bonchev–Trinajstić information content (AvgIpc) is 3.31. The van der Waals surface area contributed by atoms with Crippen LogP contribution in [0, 0.1) is 0 Å². The molecule has 0 saturated heterocycles. The van der Waals surface area contributed by atoms with Gasteiger partial charge in [0.2, 0.25) is 0 Å². The molecule has 0 unspecified atom stereocenters. The molecule has 2 aliphatic carbocycles. The Labute approximate surface area is 276 Å². The van der Waals surface area contributed by atoms with Crippen LogP contribution in [0.5, 0.6) is 0 Å². The first-order valence-corrected chi connectivity index (χ1v) is 16.2. The maximum absolute atomic E-state index is 2.53. The zero-order chi connectivity index (χ0) is 29.7. The molecular weight excluding hydrogens is 528 g/mol. The lowest BCUT2D eigenvalue weighted by Crippen LogP contribution is -2.34. The van der Waals surface area contributed by atoms with Crippen LogP contribution in [-0.2, 0) is 24.7 Å². The molecule has 0 radical (unpaired) electrons. The van der Waals surface area contributed by atoms with Crippen molar-refractivity contribution < 1.29 is 0 Å². The van der Waals surface area contributed by atoms with Gasteiger partial charge in [-0.05, 0) is 74.9 Å². The quantitative estimate of drug-likeness (QED) is 0.189. The van der Waals surface area contributed by atoms with E-state index in [1.54, 1.807) is 0 Å². The van der Waals surface area contributed by atoms with Gasteiger partial charge in [0, 0.05) is 0 Å². The lowest BCUT2D eigenvalue weighted by molar-refractivity contribution is 0.718. The minimum absolute atomic E-state index is 0. The summed E-state index contributed by atoms with van der Waals surface area (Å²) in [6.45, 7) is 20.6. The fourth-order valence-corrected chi connectivity index (χ4v) is 6.32. The Kier molecular flexibility index (Phi) is 23.1. The van der Waals surface area contributed by atoms with Gasteiger partial charge < -0.3 is 0 Å². The molecule has 2 aliphatic rings. The molecule has 0 aliphatic heterocycles. The van der Waals surface area contributed by atoms with E-state index in [-0.39, 0.29) is 35.1 Å². The van der Waals surface area contributed by atoms with Gasteiger partial charge in [-0.2, -0.15) is 0 Å². The molecule has 0 aromatic heterocycles. The zero-order valence-electron chi connectivity index (χ0n) is 27.1. The molecule has 0 fully saturated rings. The summed E-state index contributed by atoms with van der Waals surface area (Å²) in [5.74, 6) is 0. The Morgan fingerprint density at radius 1 is 0.455 bits per heavy atom. The Balaban J connectivity index is -0.00000130. The summed E-state index contributed by atoms with van der Waals surface area (Å²) in [5.41, 5.74) is 14.3. The molecule has 4 aromatic carbocycles. The van der Waals surface area contributed by atoms with Crippen LogP contribution in [0.1, 0.15) is 156 Å². The first-order chi connectivity index (χ1) is 19.8. The smallest absolute Gasteiger partial charge is 0.0719 e. The van der Waals surface area contributed by atoms with E-state index in [1.165, 1.54) is 68.5 Å². The minimum atomic E-state index is -0.219. The third-order valence-corrected chi connectivity index (χ3v) is 7.57. The van der Waals surface area contributed by atoms with Crippen molar-refractivity contribution in [2.75, 3.05) is 0 Å². The Hall–Kier alpha value is -3.12. The summed E-state index contributed by atoms with van der Waals surface area (Å²) < 4.78 is 0. The molecule has 1 spiro atoms. The van der Waals surface area contributed by atoms with Crippen molar-refractivity contribution in [2.45, 2.75) is 136 Å². The van der Waals surface area contributed by atoms with Crippen LogP contribution in [0.2, 0.25) is 0 Å². The predicted molar refractivity (Wildman–Crippen MR) is 207 cm³/mol. The van der Waals surface area contributed by atoms with E-state index >= 15 is 0 Å². The normalized spacial score (nSPS) is 11.1. The van der Waals surface area contributed by atoms with Gasteiger partial charge in [-0.1, -0.05) is 197 Å². The average molecular weight is 599 g/mol. The van der Waals surface area contributed by atoms with E-state index in [0.717, 1.165) is 19.3 Å². The maximum atomic E-state index is 2.53. The van der Waals surface area contributed by atoms with Gasteiger partial charge in [0.1, 0.15) is 0 Å². The van der Waals surface area contributed by atoms with Crippen LogP contribution >= 0.6 is 0 Å². The monoisotopic (exact) mass is 599 g/mol. The standard InChI is InChI=1S/C32H30.4C2H6.4CH4/c1-3-9-22-15-17-26-27-18-16-23(10-4-2)20-31(27)32(30(26)19-22)28-13-7-5-11-24(28)21-25-12-6-8-14-29(25)32;4*1-2;;;;/h5-8,11-20H,3-4,9-10,21H2,1-2H3;4*1-2H3;4*1H4. The van der Waals surface area contributed by atoms with Crippen LogP contribution in [-0.4, -0.2) is 0 Å². The molecule has 0 saturated carbocycles. The van der Waals surface area contributed by atoms with Crippen molar-refractivity contribution in [3.63, 3.8) is 0 Å². The van der Waals surface area contributed by atoms with E-state index in [4.69, 9.17) is 0 Å². The number of rotatable bonds is 4. The summed E-state index contributed by atoms with van der Waals surface area (Å²) in [4.78, 5) is 0. The highest BCUT2D eigenvalue weighted by atomic mass is 14.5. The number of benzene rings is 4. The Morgan fingerprint density at radius 2 is 0.795 bits per heavy atom. The second-order valence-electron chi connectivity index (χ2n) is 9.50. The van der Waals surface area contributed by atoms with Crippen molar-refractivity contribution in [3.8, 4) is 11.1 Å². The van der Waals surface area contributed by atoms with Gasteiger partial charge >= 0.3 is 0 Å². The van der Waals surface area contributed by atoms with Crippen LogP contribution in [0.4, 0.5) is 0 Å². The molecule has 44 heavy (non-hydrogen) atoms. The Morgan fingerprint density at radius 3 is 1.14 bits per heavy atom. The summed E-state index contributed by atoms with van der Waals surface area (Å²) in [6, 6.07) is 32.9. The molecule has 0 N–H and O–H groups in total. The lowest BCUT2D eigenvalue weighted by atomic mass is 9.61. The van der Waals surface area contributed by atoms with Gasteiger partial charge in [0.25, 0.3) is 0 Å². The van der Waals surface area contributed by atoms with Crippen molar-refractivity contribution in [1.82, 2.24) is 0 Å². The van der Waals surface area contributed by atoms with Crippen molar-refractivity contribution in [1.29, 1.82) is 0 Å². The zero-order valence-corrected chi connectivity index (χ0v) is 27.1. The van der Waals surface area contributed by atoms with Crippen LogP contribution in [0.15, 0.2) is 84.9 Å². The second kappa shape index (κ2) is 22.4. The first kappa shape index (κ1) is 45.3. The minimum Gasteiger partial charge on any atom is -0.0776 e. The number of hydrogen-bond acceptors (Lipinski definition) is 0. The molecule has 0 heterocycles. The highest BCUT2D eigenvalue weighted by Crippen LogP contribution is 2.59. The number of aryl methyl sites for hydroxylation is 2.